The van der Waals surface area contributed by atoms with Crippen LogP contribution in [0.5, 0.6) is 11.5 Å². The van der Waals surface area contributed by atoms with Crippen molar-refractivity contribution in [2.45, 2.75) is 12.8 Å². The van der Waals surface area contributed by atoms with E-state index in [1.807, 2.05) is 0 Å². The third-order valence-electron chi connectivity index (χ3n) is 3.40. The Bertz CT molecular complexity index is 582. The van der Waals surface area contributed by atoms with Crippen molar-refractivity contribution in [3.05, 3.63) is 59.7 Å². The second kappa shape index (κ2) is 7.41. The van der Waals surface area contributed by atoms with E-state index in [1.165, 1.54) is 0 Å². The van der Waals surface area contributed by atoms with Crippen LogP contribution < -0.4 is 9.47 Å². The number of carbonyl (C=O) groups excluding carboxylic acids is 2. The van der Waals surface area contributed by atoms with E-state index >= 15 is 0 Å². The zero-order valence-electron chi connectivity index (χ0n) is 12.7. The standard InChI is InChI=1S/C18H18O4/c1-21-15-7-3-13(4-8-15)17(19)11-12-18(20)14-5-9-16(22-2)10-6-14/h3-10H,11-12H2,1-2H3. The highest BCUT2D eigenvalue weighted by Gasteiger charge is 2.11. The van der Waals surface area contributed by atoms with Crippen LogP contribution in [0, 0.1) is 0 Å². The van der Waals surface area contributed by atoms with Gasteiger partial charge in [0, 0.05) is 24.0 Å². The van der Waals surface area contributed by atoms with Gasteiger partial charge in [-0.25, -0.2) is 0 Å². The highest BCUT2D eigenvalue weighted by atomic mass is 16.5. The van der Waals surface area contributed by atoms with Crippen molar-refractivity contribution in [1.29, 1.82) is 0 Å². The molecule has 0 aromatic heterocycles. The number of ether oxygens (including phenoxy) is 2. The van der Waals surface area contributed by atoms with E-state index in [-0.39, 0.29) is 24.4 Å². The van der Waals surface area contributed by atoms with Crippen LogP contribution in [0.4, 0.5) is 0 Å². The molecule has 2 aromatic rings. The molecule has 22 heavy (non-hydrogen) atoms. The normalized spacial score (nSPS) is 10.1. The summed E-state index contributed by atoms with van der Waals surface area (Å²) in [6, 6.07) is 13.8. The minimum Gasteiger partial charge on any atom is -0.497 e. The van der Waals surface area contributed by atoms with Crippen LogP contribution in [0.2, 0.25) is 0 Å². The monoisotopic (exact) mass is 298 g/mol. The lowest BCUT2D eigenvalue weighted by molar-refractivity contribution is 0.0917. The zero-order valence-corrected chi connectivity index (χ0v) is 12.7. The Hall–Kier alpha value is -2.62. The van der Waals surface area contributed by atoms with Crippen molar-refractivity contribution < 1.29 is 19.1 Å². The maximum absolute atomic E-state index is 12.1. The average Bonchev–Trinajstić information content (AvgIpc) is 2.59. The van der Waals surface area contributed by atoms with E-state index in [1.54, 1.807) is 62.8 Å². The highest BCUT2D eigenvalue weighted by Crippen LogP contribution is 2.16. The van der Waals surface area contributed by atoms with Crippen LogP contribution >= 0.6 is 0 Å². The van der Waals surface area contributed by atoms with E-state index in [2.05, 4.69) is 0 Å². The Kier molecular flexibility index (Phi) is 5.31. The van der Waals surface area contributed by atoms with Crippen LogP contribution in [0.1, 0.15) is 33.6 Å². The van der Waals surface area contributed by atoms with Gasteiger partial charge in [0.1, 0.15) is 11.5 Å². The fraction of sp³-hybridized carbons (Fsp3) is 0.222. The van der Waals surface area contributed by atoms with Gasteiger partial charge in [-0.05, 0) is 48.5 Å². The second-order valence-electron chi connectivity index (χ2n) is 4.80. The van der Waals surface area contributed by atoms with Crippen molar-refractivity contribution in [2.24, 2.45) is 0 Å². The first-order valence-electron chi connectivity index (χ1n) is 6.98. The molecule has 0 saturated heterocycles. The third kappa shape index (κ3) is 3.95. The summed E-state index contributed by atoms with van der Waals surface area (Å²) in [5, 5.41) is 0. The fourth-order valence-corrected chi connectivity index (χ4v) is 2.07. The Morgan fingerprint density at radius 2 is 1.00 bits per heavy atom. The van der Waals surface area contributed by atoms with E-state index in [9.17, 15) is 9.59 Å². The second-order valence-corrected chi connectivity index (χ2v) is 4.80. The van der Waals surface area contributed by atoms with Crippen molar-refractivity contribution in [1.82, 2.24) is 0 Å². The van der Waals surface area contributed by atoms with Crippen molar-refractivity contribution in [3.8, 4) is 11.5 Å². The highest BCUT2D eigenvalue weighted by molar-refractivity contribution is 6.02. The first-order chi connectivity index (χ1) is 10.6. The molecule has 0 N–H and O–H groups in total. The van der Waals surface area contributed by atoms with Crippen LogP contribution in [0.3, 0.4) is 0 Å². The topological polar surface area (TPSA) is 52.6 Å². The quantitative estimate of drug-likeness (QED) is 0.734. The first-order valence-corrected chi connectivity index (χ1v) is 6.98. The summed E-state index contributed by atoms with van der Waals surface area (Å²) >= 11 is 0. The van der Waals surface area contributed by atoms with Gasteiger partial charge in [0.2, 0.25) is 0 Å². The van der Waals surface area contributed by atoms with Crippen molar-refractivity contribution in [3.63, 3.8) is 0 Å². The van der Waals surface area contributed by atoms with Gasteiger partial charge in [0.25, 0.3) is 0 Å². The maximum Gasteiger partial charge on any atom is 0.163 e. The van der Waals surface area contributed by atoms with Crippen LogP contribution in [-0.2, 0) is 0 Å². The number of hydrogen-bond acceptors (Lipinski definition) is 4. The molecule has 0 saturated carbocycles. The Balaban J connectivity index is 1.92. The lowest BCUT2D eigenvalue weighted by Crippen LogP contribution is -2.05. The third-order valence-corrected chi connectivity index (χ3v) is 3.40. The number of benzene rings is 2. The molecule has 114 valence electrons. The number of carbonyl (C=O) groups is 2. The fourth-order valence-electron chi connectivity index (χ4n) is 2.07. The smallest absolute Gasteiger partial charge is 0.163 e. The molecular formula is C18H18O4. The van der Waals surface area contributed by atoms with Crippen LogP contribution in [0.25, 0.3) is 0 Å². The Morgan fingerprint density at radius 1 is 0.682 bits per heavy atom. The minimum absolute atomic E-state index is 0.0514. The van der Waals surface area contributed by atoms with Gasteiger partial charge in [-0.2, -0.15) is 0 Å². The molecule has 0 spiro atoms. The number of rotatable bonds is 7. The lowest BCUT2D eigenvalue weighted by Gasteiger charge is -2.04. The molecule has 0 bridgehead atoms. The van der Waals surface area contributed by atoms with Gasteiger partial charge >= 0.3 is 0 Å². The molecule has 0 aliphatic rings. The molecule has 0 radical (unpaired) electrons. The molecule has 0 aliphatic carbocycles. The van der Waals surface area contributed by atoms with Crippen molar-refractivity contribution >= 4 is 11.6 Å². The van der Waals surface area contributed by atoms with Gasteiger partial charge in [-0.1, -0.05) is 0 Å². The molecule has 0 atom stereocenters. The number of hydrogen-bond donors (Lipinski definition) is 0. The zero-order chi connectivity index (χ0) is 15.9. The largest absolute Gasteiger partial charge is 0.497 e. The molecule has 0 unspecified atom stereocenters. The summed E-state index contributed by atoms with van der Waals surface area (Å²) in [5.74, 6) is 1.30. The summed E-state index contributed by atoms with van der Waals surface area (Å²) in [6.07, 6.45) is 0.383. The summed E-state index contributed by atoms with van der Waals surface area (Å²) < 4.78 is 10.1. The summed E-state index contributed by atoms with van der Waals surface area (Å²) in [5.41, 5.74) is 1.17. The van der Waals surface area contributed by atoms with Crippen LogP contribution in [0.15, 0.2) is 48.5 Å². The maximum atomic E-state index is 12.1. The number of methoxy groups -OCH3 is 2. The van der Waals surface area contributed by atoms with Crippen molar-refractivity contribution in [2.75, 3.05) is 14.2 Å². The molecule has 0 aliphatic heterocycles. The number of ketones is 2. The Morgan fingerprint density at radius 3 is 1.27 bits per heavy atom. The van der Waals surface area contributed by atoms with Gasteiger partial charge in [-0.3, -0.25) is 9.59 Å². The minimum atomic E-state index is -0.0514. The van der Waals surface area contributed by atoms with E-state index in [0.717, 1.165) is 0 Å². The molecule has 2 aromatic carbocycles. The molecule has 4 heteroatoms. The molecule has 0 fully saturated rings. The molecule has 0 heterocycles. The summed E-state index contributed by atoms with van der Waals surface area (Å²) in [4.78, 5) is 24.1. The average molecular weight is 298 g/mol. The van der Waals surface area contributed by atoms with Gasteiger partial charge in [0.15, 0.2) is 11.6 Å². The van der Waals surface area contributed by atoms with Gasteiger partial charge in [-0.15, -0.1) is 0 Å². The van der Waals surface area contributed by atoms with Gasteiger partial charge < -0.3 is 9.47 Å². The Labute approximate surface area is 129 Å². The number of Topliss-reactive ketones (excluding diaryl/α,β-unsaturated/α-hetero) is 2. The lowest BCUT2D eigenvalue weighted by atomic mass is 10.0. The molecule has 4 nitrogen and oxygen atoms in total. The SMILES string of the molecule is COc1ccc(C(=O)CCC(=O)c2ccc(OC)cc2)cc1. The first kappa shape index (κ1) is 15.8. The van der Waals surface area contributed by atoms with Gasteiger partial charge in [0.05, 0.1) is 14.2 Å². The van der Waals surface area contributed by atoms with Crippen LogP contribution in [-0.4, -0.2) is 25.8 Å². The summed E-state index contributed by atoms with van der Waals surface area (Å²) in [6.45, 7) is 0. The van der Waals surface area contributed by atoms with E-state index in [4.69, 9.17) is 9.47 Å². The predicted molar refractivity (Wildman–Crippen MR) is 83.9 cm³/mol. The van der Waals surface area contributed by atoms with E-state index < -0.39 is 0 Å². The van der Waals surface area contributed by atoms with E-state index in [0.29, 0.717) is 22.6 Å². The summed E-state index contributed by atoms with van der Waals surface area (Å²) in [7, 11) is 3.15. The molecule has 2 rings (SSSR count). The molecule has 0 amide bonds. The predicted octanol–water partition coefficient (Wildman–Crippen LogP) is 3.55. The molecular weight excluding hydrogens is 280 g/mol.